The Morgan fingerprint density at radius 1 is 1.16 bits per heavy atom. The number of amides is 1. The fourth-order valence-electron chi connectivity index (χ4n) is 3.07. The van der Waals surface area contributed by atoms with Gasteiger partial charge in [-0.25, -0.2) is 4.39 Å². The van der Waals surface area contributed by atoms with Crippen LogP contribution in [0.5, 0.6) is 0 Å². The van der Waals surface area contributed by atoms with E-state index in [0.717, 1.165) is 17.7 Å². The van der Waals surface area contributed by atoms with Gasteiger partial charge in [0.25, 0.3) is 0 Å². The van der Waals surface area contributed by atoms with E-state index in [0.29, 0.717) is 18.7 Å². The maximum atomic E-state index is 13.4. The summed E-state index contributed by atoms with van der Waals surface area (Å²) in [5, 5.41) is 0. The molecule has 1 amide bonds. The van der Waals surface area contributed by atoms with Gasteiger partial charge in [0.1, 0.15) is 5.82 Å². The third-order valence-corrected chi connectivity index (χ3v) is 4.48. The Hall–Kier alpha value is -2.37. The number of hydrogen-bond donors (Lipinski definition) is 0. The van der Waals surface area contributed by atoms with Gasteiger partial charge in [0, 0.05) is 18.2 Å². The Labute approximate surface area is 143 Å². The number of hydrogen-bond acceptors (Lipinski definition) is 1. The number of halogens is 4. The molecule has 1 fully saturated rings. The van der Waals surface area contributed by atoms with Crippen molar-refractivity contribution in [2.45, 2.75) is 25.4 Å². The maximum absolute atomic E-state index is 13.4. The molecule has 1 aliphatic rings. The Kier molecular flexibility index (Phi) is 4.54. The number of carbonyl (C=O) groups excluding carboxylic acids is 1. The van der Waals surface area contributed by atoms with Crippen LogP contribution >= 0.6 is 0 Å². The average molecular weight is 351 g/mol. The molecule has 2 aromatic rings. The van der Waals surface area contributed by atoms with E-state index in [1.165, 1.54) is 29.2 Å². The van der Waals surface area contributed by atoms with E-state index in [2.05, 4.69) is 0 Å². The fourth-order valence-corrected chi connectivity index (χ4v) is 3.07. The van der Waals surface area contributed by atoms with Gasteiger partial charge in [-0.1, -0.05) is 18.2 Å². The fraction of sp³-hybridized carbons (Fsp3) is 0.316. The largest absolute Gasteiger partial charge is 0.416 e. The van der Waals surface area contributed by atoms with E-state index in [-0.39, 0.29) is 17.7 Å². The molecule has 0 aliphatic heterocycles. The van der Waals surface area contributed by atoms with Crippen molar-refractivity contribution < 1.29 is 22.4 Å². The second kappa shape index (κ2) is 6.50. The number of rotatable bonds is 4. The third-order valence-electron chi connectivity index (χ3n) is 4.48. The van der Waals surface area contributed by atoms with Crippen molar-refractivity contribution in [1.82, 2.24) is 0 Å². The number of carbonyl (C=O) groups is 1. The molecular formula is C19H17F4NO. The van der Waals surface area contributed by atoms with Crippen molar-refractivity contribution >= 4 is 11.6 Å². The zero-order chi connectivity index (χ0) is 18.2. The lowest BCUT2D eigenvalue weighted by molar-refractivity contribution is -0.137. The minimum atomic E-state index is -4.37. The van der Waals surface area contributed by atoms with E-state index < -0.39 is 17.6 Å². The predicted octanol–water partition coefficient (Wildman–Crippen LogP) is 5.00. The van der Waals surface area contributed by atoms with Gasteiger partial charge in [0.2, 0.25) is 5.91 Å². The van der Waals surface area contributed by atoms with Gasteiger partial charge in [0.15, 0.2) is 0 Å². The Morgan fingerprint density at radius 3 is 2.40 bits per heavy atom. The van der Waals surface area contributed by atoms with E-state index in [1.807, 2.05) is 0 Å². The van der Waals surface area contributed by atoms with Gasteiger partial charge in [-0.05, 0) is 55.2 Å². The molecule has 0 heterocycles. The molecule has 2 unspecified atom stereocenters. The summed E-state index contributed by atoms with van der Waals surface area (Å²) in [6, 6.07) is 10.8. The first-order valence-corrected chi connectivity index (χ1v) is 8.05. The zero-order valence-corrected chi connectivity index (χ0v) is 13.6. The predicted molar refractivity (Wildman–Crippen MR) is 86.7 cm³/mol. The van der Waals surface area contributed by atoms with Crippen LogP contribution in [0.4, 0.5) is 23.2 Å². The summed E-state index contributed by atoms with van der Waals surface area (Å²) in [6.07, 6.45) is -3.77. The van der Waals surface area contributed by atoms with Crippen molar-refractivity contribution in [1.29, 1.82) is 0 Å². The highest BCUT2D eigenvalue weighted by Gasteiger charge is 2.46. The monoisotopic (exact) mass is 351 g/mol. The molecule has 0 bridgehead atoms. The Morgan fingerprint density at radius 2 is 1.84 bits per heavy atom. The lowest BCUT2D eigenvalue weighted by Gasteiger charge is -2.21. The van der Waals surface area contributed by atoms with E-state index >= 15 is 0 Å². The second-order valence-electron chi connectivity index (χ2n) is 6.13. The highest BCUT2D eigenvalue weighted by atomic mass is 19.4. The molecule has 6 heteroatoms. The van der Waals surface area contributed by atoms with Crippen molar-refractivity contribution in [3.05, 3.63) is 65.5 Å². The number of nitrogens with zero attached hydrogens (tertiary/aromatic N) is 1. The molecule has 1 aliphatic carbocycles. The summed E-state index contributed by atoms with van der Waals surface area (Å²) in [5.74, 6) is -0.908. The molecule has 3 rings (SSSR count). The number of benzene rings is 2. The summed E-state index contributed by atoms with van der Waals surface area (Å²) >= 11 is 0. The highest BCUT2D eigenvalue weighted by molar-refractivity contribution is 5.97. The van der Waals surface area contributed by atoms with Crippen LogP contribution in [0.3, 0.4) is 0 Å². The summed E-state index contributed by atoms with van der Waals surface area (Å²) in [6.45, 7) is 2.21. The first-order valence-electron chi connectivity index (χ1n) is 8.05. The van der Waals surface area contributed by atoms with Crippen molar-refractivity contribution in [2.24, 2.45) is 5.92 Å². The van der Waals surface area contributed by atoms with Gasteiger partial charge in [-0.2, -0.15) is 13.2 Å². The summed E-state index contributed by atoms with van der Waals surface area (Å²) in [5.41, 5.74) is 0.516. The van der Waals surface area contributed by atoms with Gasteiger partial charge in [-0.3, -0.25) is 4.79 Å². The topological polar surface area (TPSA) is 20.3 Å². The van der Waals surface area contributed by atoms with Crippen LogP contribution in [0.15, 0.2) is 48.5 Å². The summed E-state index contributed by atoms with van der Waals surface area (Å²) < 4.78 is 51.3. The molecule has 0 N–H and O–H groups in total. The minimum absolute atomic E-state index is 0.0857. The molecule has 2 atom stereocenters. The van der Waals surface area contributed by atoms with Crippen LogP contribution in [0.1, 0.15) is 30.4 Å². The normalized spacial score (nSPS) is 19.6. The van der Waals surface area contributed by atoms with Crippen LogP contribution < -0.4 is 4.90 Å². The average Bonchev–Trinajstić information content (AvgIpc) is 3.35. The molecular weight excluding hydrogens is 334 g/mol. The first-order chi connectivity index (χ1) is 11.8. The summed E-state index contributed by atoms with van der Waals surface area (Å²) in [7, 11) is 0. The zero-order valence-electron chi connectivity index (χ0n) is 13.6. The lowest BCUT2D eigenvalue weighted by Crippen LogP contribution is -2.32. The van der Waals surface area contributed by atoms with Crippen LogP contribution in [0, 0.1) is 11.7 Å². The first kappa shape index (κ1) is 17.5. The number of alkyl halides is 3. The molecule has 0 spiro atoms. The SMILES string of the molecule is CCN(C(=O)C1CC1c1ccc(C(F)(F)F)cc1)c1cccc(F)c1. The highest BCUT2D eigenvalue weighted by Crippen LogP contribution is 2.49. The van der Waals surface area contributed by atoms with Gasteiger partial charge in [0.05, 0.1) is 5.56 Å². The van der Waals surface area contributed by atoms with Crippen LogP contribution in [-0.2, 0) is 11.0 Å². The van der Waals surface area contributed by atoms with Crippen LogP contribution in [0.25, 0.3) is 0 Å². The van der Waals surface area contributed by atoms with Gasteiger partial charge in [-0.15, -0.1) is 0 Å². The molecule has 0 aromatic heterocycles. The molecule has 0 radical (unpaired) electrons. The maximum Gasteiger partial charge on any atom is 0.416 e. The summed E-state index contributed by atoms with van der Waals surface area (Å²) in [4.78, 5) is 14.2. The Balaban J connectivity index is 1.73. The molecule has 0 saturated heterocycles. The van der Waals surface area contributed by atoms with E-state index in [4.69, 9.17) is 0 Å². The van der Waals surface area contributed by atoms with Crippen molar-refractivity contribution in [2.75, 3.05) is 11.4 Å². The number of anilines is 1. The van der Waals surface area contributed by atoms with E-state index in [1.54, 1.807) is 19.1 Å². The van der Waals surface area contributed by atoms with Crippen molar-refractivity contribution in [3.8, 4) is 0 Å². The van der Waals surface area contributed by atoms with Gasteiger partial charge >= 0.3 is 6.18 Å². The second-order valence-corrected chi connectivity index (χ2v) is 6.13. The molecule has 2 aromatic carbocycles. The van der Waals surface area contributed by atoms with Crippen LogP contribution in [0.2, 0.25) is 0 Å². The lowest BCUT2D eigenvalue weighted by atomic mass is 10.1. The molecule has 1 saturated carbocycles. The minimum Gasteiger partial charge on any atom is -0.312 e. The standard InChI is InChI=1S/C19H17F4NO/c1-2-24(15-5-3-4-14(20)10-15)18(25)17-11-16(17)12-6-8-13(9-7-12)19(21,22)23/h3-10,16-17H,2,11H2,1H3. The molecule has 25 heavy (non-hydrogen) atoms. The molecule has 2 nitrogen and oxygen atoms in total. The van der Waals surface area contributed by atoms with E-state index in [9.17, 15) is 22.4 Å². The Bertz CT molecular complexity index is 770. The smallest absolute Gasteiger partial charge is 0.312 e. The molecule has 132 valence electrons. The van der Waals surface area contributed by atoms with Crippen molar-refractivity contribution in [3.63, 3.8) is 0 Å². The quantitative estimate of drug-likeness (QED) is 0.710. The van der Waals surface area contributed by atoms with Gasteiger partial charge < -0.3 is 4.90 Å². The third kappa shape index (κ3) is 3.67. The van der Waals surface area contributed by atoms with Crippen LogP contribution in [-0.4, -0.2) is 12.5 Å².